The molecule has 0 radical (unpaired) electrons. The molecule has 0 bridgehead atoms. The highest BCUT2D eigenvalue weighted by Crippen LogP contribution is 2.25. The summed E-state index contributed by atoms with van der Waals surface area (Å²) in [7, 11) is 0. The predicted molar refractivity (Wildman–Crippen MR) is 103 cm³/mol. The number of hydrogen-bond acceptors (Lipinski definition) is 4. The van der Waals surface area contributed by atoms with Gasteiger partial charge < -0.3 is 19.7 Å². The van der Waals surface area contributed by atoms with Gasteiger partial charge in [-0.3, -0.25) is 9.59 Å². The van der Waals surface area contributed by atoms with Crippen LogP contribution in [-0.4, -0.2) is 42.5 Å². The third-order valence-corrected chi connectivity index (χ3v) is 4.45. The van der Waals surface area contributed by atoms with Crippen LogP contribution in [0.4, 0.5) is 5.69 Å². The summed E-state index contributed by atoms with van der Waals surface area (Å²) < 4.78 is 11.4. The summed E-state index contributed by atoms with van der Waals surface area (Å²) in [6.07, 6.45) is 1.32. The summed E-state index contributed by atoms with van der Waals surface area (Å²) in [4.78, 5) is 26.0. The van der Waals surface area contributed by atoms with Crippen LogP contribution in [0.5, 0.6) is 11.5 Å². The predicted octanol–water partition coefficient (Wildman–Crippen LogP) is 3.09. The van der Waals surface area contributed by atoms with E-state index in [0.29, 0.717) is 37.6 Å². The molecule has 27 heavy (non-hydrogen) atoms. The number of hydrogen-bond donors (Lipinski definition) is 1. The maximum atomic E-state index is 12.5. The second kappa shape index (κ2) is 9.07. The molecule has 2 aromatic carbocycles. The van der Waals surface area contributed by atoms with Gasteiger partial charge in [0.05, 0.1) is 5.69 Å². The lowest BCUT2D eigenvalue weighted by Gasteiger charge is -2.23. The topological polar surface area (TPSA) is 67.9 Å². The molecule has 6 nitrogen and oxygen atoms in total. The highest BCUT2D eigenvalue weighted by atomic mass is 16.5. The number of para-hydroxylation sites is 3. The lowest BCUT2D eigenvalue weighted by atomic mass is 10.2. The molecule has 3 rings (SSSR count). The minimum atomic E-state index is -0.505. The molecule has 1 fully saturated rings. The quantitative estimate of drug-likeness (QED) is 0.727. The molecule has 6 heteroatoms. The molecule has 0 aromatic heterocycles. The average molecular weight is 368 g/mol. The van der Waals surface area contributed by atoms with Crippen LogP contribution in [-0.2, 0) is 9.59 Å². The molecular weight excluding hydrogens is 344 g/mol. The SMILES string of the molecule is CC(C(=O)Nc1ccccc1OCCOc1ccccc1)N1CCCC1=O. The van der Waals surface area contributed by atoms with Gasteiger partial charge in [-0.1, -0.05) is 30.3 Å². The molecule has 2 aromatic rings. The summed E-state index contributed by atoms with van der Waals surface area (Å²) in [6, 6.07) is 16.3. The van der Waals surface area contributed by atoms with Crippen LogP contribution in [0.1, 0.15) is 19.8 Å². The van der Waals surface area contributed by atoms with Gasteiger partial charge in [-0.2, -0.15) is 0 Å². The number of nitrogens with one attached hydrogen (secondary N) is 1. The Morgan fingerprint density at radius 3 is 2.52 bits per heavy atom. The Bertz CT molecular complexity index is 779. The third kappa shape index (κ3) is 5.00. The average Bonchev–Trinajstić information content (AvgIpc) is 3.12. The van der Waals surface area contributed by atoms with Gasteiger partial charge in [-0.15, -0.1) is 0 Å². The smallest absolute Gasteiger partial charge is 0.246 e. The molecule has 1 unspecified atom stereocenters. The number of ether oxygens (including phenoxy) is 2. The minimum Gasteiger partial charge on any atom is -0.490 e. The largest absolute Gasteiger partial charge is 0.490 e. The number of anilines is 1. The van der Waals surface area contributed by atoms with Crippen LogP contribution < -0.4 is 14.8 Å². The van der Waals surface area contributed by atoms with Gasteiger partial charge in [0.1, 0.15) is 30.8 Å². The number of benzene rings is 2. The Labute approximate surface area is 159 Å². The van der Waals surface area contributed by atoms with E-state index in [1.807, 2.05) is 42.5 Å². The van der Waals surface area contributed by atoms with Crippen molar-refractivity contribution in [3.63, 3.8) is 0 Å². The molecular formula is C21H24N2O4. The number of nitrogens with zero attached hydrogens (tertiary/aromatic N) is 1. The summed E-state index contributed by atoms with van der Waals surface area (Å²) in [5.74, 6) is 1.16. The van der Waals surface area contributed by atoms with Crippen molar-refractivity contribution in [1.29, 1.82) is 0 Å². The van der Waals surface area contributed by atoms with E-state index in [0.717, 1.165) is 12.2 Å². The van der Waals surface area contributed by atoms with Crippen molar-refractivity contribution in [2.45, 2.75) is 25.8 Å². The normalized spacial score (nSPS) is 14.7. The standard InChI is InChI=1S/C21H24N2O4/c1-16(23-13-7-12-20(23)24)21(25)22-18-10-5-6-11-19(18)27-15-14-26-17-8-3-2-4-9-17/h2-6,8-11,16H,7,12-15H2,1H3,(H,22,25). The van der Waals surface area contributed by atoms with Gasteiger partial charge in [0.2, 0.25) is 11.8 Å². The van der Waals surface area contributed by atoms with E-state index >= 15 is 0 Å². The van der Waals surface area contributed by atoms with Crippen LogP contribution in [0.3, 0.4) is 0 Å². The maximum Gasteiger partial charge on any atom is 0.246 e. The van der Waals surface area contributed by atoms with E-state index in [1.54, 1.807) is 24.0 Å². The van der Waals surface area contributed by atoms with Gasteiger partial charge in [-0.05, 0) is 37.6 Å². The van der Waals surface area contributed by atoms with Gasteiger partial charge in [0, 0.05) is 13.0 Å². The number of rotatable bonds is 8. The van der Waals surface area contributed by atoms with Crippen LogP contribution in [0.15, 0.2) is 54.6 Å². The fraction of sp³-hybridized carbons (Fsp3) is 0.333. The van der Waals surface area contributed by atoms with Gasteiger partial charge in [0.15, 0.2) is 0 Å². The van der Waals surface area contributed by atoms with Crippen molar-refractivity contribution in [1.82, 2.24) is 4.90 Å². The molecule has 1 aliphatic rings. The van der Waals surface area contributed by atoms with E-state index in [2.05, 4.69) is 5.32 Å². The fourth-order valence-electron chi connectivity index (χ4n) is 2.98. The van der Waals surface area contributed by atoms with Crippen LogP contribution in [0, 0.1) is 0 Å². The summed E-state index contributed by atoms with van der Waals surface area (Å²) in [6.45, 7) is 3.12. The monoisotopic (exact) mass is 368 g/mol. The first-order valence-electron chi connectivity index (χ1n) is 9.15. The number of likely N-dealkylation sites (tertiary alicyclic amines) is 1. The maximum absolute atomic E-state index is 12.5. The second-order valence-electron chi connectivity index (χ2n) is 6.36. The number of amides is 2. The first kappa shape index (κ1) is 18.8. The van der Waals surface area contributed by atoms with Gasteiger partial charge in [0.25, 0.3) is 0 Å². The Hall–Kier alpha value is -3.02. The van der Waals surface area contributed by atoms with E-state index < -0.39 is 6.04 Å². The van der Waals surface area contributed by atoms with Crippen molar-refractivity contribution >= 4 is 17.5 Å². The second-order valence-corrected chi connectivity index (χ2v) is 6.36. The molecule has 1 atom stereocenters. The molecule has 2 amide bonds. The Balaban J connectivity index is 1.53. The van der Waals surface area contributed by atoms with Gasteiger partial charge >= 0.3 is 0 Å². The van der Waals surface area contributed by atoms with Crippen molar-refractivity contribution in [3.8, 4) is 11.5 Å². The first-order chi connectivity index (χ1) is 13.1. The Morgan fingerprint density at radius 2 is 1.78 bits per heavy atom. The summed E-state index contributed by atoms with van der Waals surface area (Å²) in [5, 5.41) is 2.87. The lowest BCUT2D eigenvalue weighted by Crippen LogP contribution is -2.42. The molecule has 1 N–H and O–H groups in total. The molecule has 1 aliphatic heterocycles. The summed E-state index contributed by atoms with van der Waals surface area (Å²) >= 11 is 0. The molecule has 1 saturated heterocycles. The van der Waals surface area contributed by atoms with E-state index in [9.17, 15) is 9.59 Å². The highest BCUT2D eigenvalue weighted by Gasteiger charge is 2.29. The van der Waals surface area contributed by atoms with Crippen LogP contribution >= 0.6 is 0 Å². The molecule has 0 spiro atoms. The summed E-state index contributed by atoms with van der Waals surface area (Å²) in [5.41, 5.74) is 0.584. The lowest BCUT2D eigenvalue weighted by molar-refractivity contribution is -0.134. The zero-order valence-corrected chi connectivity index (χ0v) is 15.4. The van der Waals surface area contributed by atoms with E-state index in [-0.39, 0.29) is 11.8 Å². The highest BCUT2D eigenvalue weighted by molar-refractivity contribution is 5.98. The molecule has 0 saturated carbocycles. The van der Waals surface area contributed by atoms with Crippen LogP contribution in [0.2, 0.25) is 0 Å². The first-order valence-corrected chi connectivity index (χ1v) is 9.15. The van der Waals surface area contributed by atoms with E-state index in [4.69, 9.17) is 9.47 Å². The van der Waals surface area contributed by atoms with Gasteiger partial charge in [-0.25, -0.2) is 0 Å². The molecule has 1 heterocycles. The minimum absolute atomic E-state index is 0.0280. The van der Waals surface area contributed by atoms with Crippen LogP contribution in [0.25, 0.3) is 0 Å². The zero-order chi connectivity index (χ0) is 19.1. The number of carbonyl (C=O) groups excluding carboxylic acids is 2. The van der Waals surface area contributed by atoms with Crippen molar-refractivity contribution in [3.05, 3.63) is 54.6 Å². The molecule has 0 aliphatic carbocycles. The number of carbonyl (C=O) groups is 2. The molecule has 142 valence electrons. The van der Waals surface area contributed by atoms with E-state index in [1.165, 1.54) is 0 Å². The van der Waals surface area contributed by atoms with Crippen molar-refractivity contribution in [2.75, 3.05) is 25.1 Å². The third-order valence-electron chi connectivity index (χ3n) is 4.45. The Morgan fingerprint density at radius 1 is 1.07 bits per heavy atom. The fourth-order valence-corrected chi connectivity index (χ4v) is 2.98. The Kier molecular flexibility index (Phi) is 6.30. The van der Waals surface area contributed by atoms with Crippen molar-refractivity contribution in [2.24, 2.45) is 0 Å². The zero-order valence-electron chi connectivity index (χ0n) is 15.4. The van der Waals surface area contributed by atoms with Crippen molar-refractivity contribution < 1.29 is 19.1 Å².